The summed E-state index contributed by atoms with van der Waals surface area (Å²) in [6.45, 7) is 4.36. The molecule has 58 heavy (non-hydrogen) atoms. The van der Waals surface area contributed by atoms with E-state index < -0.39 is 86.4 Å². The van der Waals surface area contributed by atoms with Gasteiger partial charge in [0, 0.05) is 23.9 Å². The number of carbonyl (C=O) groups excluding carboxylic acids is 3. The van der Waals surface area contributed by atoms with Crippen LogP contribution in [0.25, 0.3) is 10.8 Å². The van der Waals surface area contributed by atoms with Crippen LogP contribution in [0.15, 0.2) is 36.5 Å². The average molecular weight is 838 g/mol. The Balaban J connectivity index is 1.43. The van der Waals surface area contributed by atoms with Gasteiger partial charge in [-0.25, -0.2) is 18.2 Å². The topological polar surface area (TPSA) is 194 Å². The standard InChI is InChI=1S/C39H50F3N5O10S/c1-21-9-7-8-10-24-19-38(24,35(50)45-58(53,54)26-11-12-26)44-32(48)28-17-25(57-33-27-18-30(56-6)29(55-5)16-23(27)13-14-43-33)20-46(28)34(49)31(22(2)15-21)47(36(51)52)37(3,4)39(40,41)42/h8,10,13-14,16,18,21-22,24-26,28,31H,7,9,11-12,15,17,19-20H2,1-6H3,(H,44,48)(H,45,50)(H,51,52)/b10-8-/t21-,22+,24+,25+,28-,31-,38+/m0/s1. The number of fused-ring (bicyclic) bond motifs is 3. The summed E-state index contributed by atoms with van der Waals surface area (Å²) in [6, 6.07) is 1.63. The molecule has 19 heteroatoms. The van der Waals surface area contributed by atoms with Crippen molar-refractivity contribution in [3.05, 3.63) is 36.5 Å². The Bertz CT molecular complexity index is 2090. The van der Waals surface area contributed by atoms with Gasteiger partial charge < -0.3 is 29.5 Å². The number of hydrogen-bond donors (Lipinski definition) is 3. The van der Waals surface area contributed by atoms with Crippen LogP contribution in [0.1, 0.15) is 72.6 Å². The highest BCUT2D eigenvalue weighted by molar-refractivity contribution is 7.91. The van der Waals surface area contributed by atoms with Crippen LogP contribution in [0.3, 0.4) is 0 Å². The number of amides is 4. The minimum atomic E-state index is -5.10. The molecule has 3 heterocycles. The number of pyridine rings is 1. The van der Waals surface area contributed by atoms with Gasteiger partial charge in [0.05, 0.1) is 26.0 Å². The molecular weight excluding hydrogens is 788 g/mol. The van der Waals surface area contributed by atoms with Crippen molar-refractivity contribution in [3.8, 4) is 17.4 Å². The molecule has 3 N–H and O–H groups in total. The van der Waals surface area contributed by atoms with Crippen LogP contribution >= 0.6 is 0 Å². The molecule has 15 nitrogen and oxygen atoms in total. The summed E-state index contributed by atoms with van der Waals surface area (Å²) in [7, 11) is -1.11. The fraction of sp³-hybridized carbons (Fsp3) is 0.615. The Labute approximate surface area is 334 Å². The fourth-order valence-electron chi connectivity index (χ4n) is 8.21. The number of rotatable bonds is 9. The second kappa shape index (κ2) is 15.7. The number of methoxy groups -OCH3 is 2. The van der Waals surface area contributed by atoms with Gasteiger partial charge in [-0.2, -0.15) is 13.2 Å². The number of carboxylic acid groups (broad SMARTS) is 1. The molecule has 0 spiro atoms. The number of ether oxygens (including phenoxy) is 3. The molecule has 0 bridgehead atoms. The van der Waals surface area contributed by atoms with Gasteiger partial charge in [-0.05, 0) is 87.8 Å². The molecule has 4 amide bonds. The SMILES string of the molecule is COc1cc2ccnc(O[C@@H]3C[C@H]4C(=O)N[C@]5(C(=O)NS(=O)(=O)C6CC6)C[C@H]5/C=C\CC[C@H](C)C[C@@H](C)[C@H](N(C(=O)O)C(C)(C)C(F)(F)F)C(=O)N4C3)c2cc1OC. The van der Waals surface area contributed by atoms with E-state index in [1.165, 1.54) is 27.3 Å². The summed E-state index contributed by atoms with van der Waals surface area (Å²) in [5.74, 6) is -3.78. The van der Waals surface area contributed by atoms with Gasteiger partial charge in [-0.3, -0.25) is 24.0 Å². The second-order valence-electron chi connectivity index (χ2n) is 16.5. The van der Waals surface area contributed by atoms with Gasteiger partial charge in [-0.1, -0.05) is 26.0 Å². The largest absolute Gasteiger partial charge is 0.493 e. The van der Waals surface area contributed by atoms with Crippen LogP contribution in [-0.4, -0.2) is 114 Å². The van der Waals surface area contributed by atoms with Crippen molar-refractivity contribution >= 4 is 44.6 Å². The number of carbonyl (C=O) groups is 4. The normalized spacial score (nSPS) is 28.9. The van der Waals surface area contributed by atoms with Crippen LogP contribution in [0.4, 0.5) is 18.0 Å². The van der Waals surface area contributed by atoms with Gasteiger partial charge in [0.15, 0.2) is 11.5 Å². The zero-order valence-electron chi connectivity index (χ0n) is 33.2. The molecule has 2 aliphatic heterocycles. The first-order valence-electron chi connectivity index (χ1n) is 19.3. The van der Waals surface area contributed by atoms with E-state index in [9.17, 15) is 45.9 Å². The highest BCUT2D eigenvalue weighted by Crippen LogP contribution is 2.47. The first-order chi connectivity index (χ1) is 27.1. The van der Waals surface area contributed by atoms with E-state index in [1.807, 2.05) is 6.92 Å². The van der Waals surface area contributed by atoms with Crippen molar-refractivity contribution in [1.82, 2.24) is 24.8 Å². The molecule has 2 saturated carbocycles. The maximum Gasteiger partial charge on any atom is 0.411 e. The maximum absolute atomic E-state index is 15.0. The third-order valence-electron chi connectivity index (χ3n) is 11.9. The van der Waals surface area contributed by atoms with E-state index in [-0.39, 0.29) is 42.5 Å². The van der Waals surface area contributed by atoms with E-state index in [0.29, 0.717) is 61.8 Å². The minimum Gasteiger partial charge on any atom is -0.493 e. The Hall–Kier alpha value is -4.81. The Morgan fingerprint density at radius 3 is 2.36 bits per heavy atom. The molecule has 1 aromatic carbocycles. The first-order valence-corrected chi connectivity index (χ1v) is 20.8. The lowest BCUT2D eigenvalue weighted by molar-refractivity contribution is -0.222. The highest BCUT2D eigenvalue weighted by atomic mass is 32.2. The van der Waals surface area contributed by atoms with Crippen molar-refractivity contribution in [1.29, 1.82) is 0 Å². The van der Waals surface area contributed by atoms with Crippen molar-refractivity contribution in [2.75, 3.05) is 20.8 Å². The lowest BCUT2D eigenvalue weighted by Gasteiger charge is -2.45. The number of alkyl halides is 3. The molecule has 2 aliphatic carbocycles. The van der Waals surface area contributed by atoms with Crippen molar-refractivity contribution in [2.45, 2.75) is 113 Å². The number of hydrogen-bond acceptors (Lipinski definition) is 10. The van der Waals surface area contributed by atoms with E-state index in [2.05, 4.69) is 15.0 Å². The Kier molecular flexibility index (Phi) is 11.6. The van der Waals surface area contributed by atoms with Crippen LogP contribution in [0, 0.1) is 17.8 Å². The predicted octanol–water partition coefficient (Wildman–Crippen LogP) is 4.79. The van der Waals surface area contributed by atoms with Crippen LogP contribution in [0.5, 0.6) is 17.4 Å². The average Bonchev–Trinajstić information content (AvgIpc) is 4.07. The van der Waals surface area contributed by atoms with Gasteiger partial charge in [0.2, 0.25) is 27.7 Å². The summed E-state index contributed by atoms with van der Waals surface area (Å²) >= 11 is 0. The van der Waals surface area contributed by atoms with E-state index >= 15 is 0 Å². The molecule has 7 atom stereocenters. The molecule has 318 valence electrons. The molecule has 3 fully saturated rings. The van der Waals surface area contributed by atoms with Crippen LogP contribution < -0.4 is 24.2 Å². The van der Waals surface area contributed by atoms with Crippen molar-refractivity contribution < 1.29 is 60.1 Å². The van der Waals surface area contributed by atoms with Crippen molar-refractivity contribution in [3.63, 3.8) is 0 Å². The van der Waals surface area contributed by atoms with Gasteiger partial charge in [-0.15, -0.1) is 0 Å². The Morgan fingerprint density at radius 1 is 1.07 bits per heavy atom. The summed E-state index contributed by atoms with van der Waals surface area (Å²) in [6.07, 6.45) is -1.39. The molecular formula is C39H50F3N5O10S. The maximum atomic E-state index is 15.0. The Morgan fingerprint density at radius 2 is 1.74 bits per heavy atom. The zero-order chi connectivity index (χ0) is 42.5. The summed E-state index contributed by atoms with van der Waals surface area (Å²) in [5.41, 5.74) is -4.75. The molecule has 6 rings (SSSR count). The summed E-state index contributed by atoms with van der Waals surface area (Å²) < 4.78 is 89.2. The van der Waals surface area contributed by atoms with Gasteiger partial charge in [0.25, 0.3) is 5.91 Å². The smallest absolute Gasteiger partial charge is 0.411 e. The van der Waals surface area contributed by atoms with E-state index in [1.54, 1.807) is 30.4 Å². The third kappa shape index (κ3) is 8.23. The van der Waals surface area contributed by atoms with Crippen molar-refractivity contribution in [2.24, 2.45) is 17.8 Å². The number of halogens is 3. The first kappa shape index (κ1) is 42.8. The molecule has 0 unspecified atom stereocenters. The zero-order valence-corrected chi connectivity index (χ0v) is 34.0. The lowest BCUT2D eigenvalue weighted by atomic mass is 9.85. The number of sulfonamides is 1. The third-order valence-corrected chi connectivity index (χ3v) is 13.7. The number of nitrogens with one attached hydrogen (secondary N) is 2. The quantitative estimate of drug-likeness (QED) is 0.294. The fourth-order valence-corrected chi connectivity index (χ4v) is 9.57. The minimum absolute atomic E-state index is 0.0504. The monoisotopic (exact) mass is 837 g/mol. The highest BCUT2D eigenvalue weighted by Gasteiger charge is 2.63. The number of aromatic nitrogens is 1. The van der Waals surface area contributed by atoms with Gasteiger partial charge >= 0.3 is 12.3 Å². The van der Waals surface area contributed by atoms with Crippen LogP contribution in [-0.2, 0) is 24.4 Å². The predicted molar refractivity (Wildman–Crippen MR) is 204 cm³/mol. The molecule has 2 aromatic rings. The van der Waals surface area contributed by atoms with Gasteiger partial charge in [0.1, 0.15) is 29.3 Å². The number of allylic oxidation sites excluding steroid dienone is 1. The summed E-state index contributed by atoms with van der Waals surface area (Å²) in [4.78, 5) is 61.8. The number of nitrogens with zero attached hydrogens (tertiary/aromatic N) is 3. The van der Waals surface area contributed by atoms with E-state index in [0.717, 1.165) is 4.90 Å². The summed E-state index contributed by atoms with van der Waals surface area (Å²) in [5, 5.41) is 13.5. The van der Waals surface area contributed by atoms with E-state index in [4.69, 9.17) is 14.2 Å². The molecule has 1 aromatic heterocycles. The number of benzene rings is 1. The molecule has 1 saturated heterocycles. The second-order valence-corrected chi connectivity index (χ2v) is 18.4. The molecule has 4 aliphatic rings. The molecule has 0 radical (unpaired) electrons. The van der Waals surface area contributed by atoms with Crippen LogP contribution in [0.2, 0.25) is 0 Å². The lowest BCUT2D eigenvalue weighted by Crippen LogP contribution is -2.66.